The molecule has 1 atom stereocenters. The highest BCUT2D eigenvalue weighted by Crippen LogP contribution is 2.21. The first-order valence-corrected chi connectivity index (χ1v) is 6.26. The van der Waals surface area contributed by atoms with Crippen molar-refractivity contribution in [1.82, 2.24) is 5.32 Å². The number of aromatic hydroxyl groups is 1. The Kier molecular flexibility index (Phi) is 5.09. The number of alkyl halides is 1. The molecule has 0 fully saturated rings. The summed E-state index contributed by atoms with van der Waals surface area (Å²) in [5.41, 5.74) is 0.248. The maximum atomic E-state index is 11.8. The Balaban J connectivity index is 2.83. The minimum Gasteiger partial charge on any atom is -0.507 e. The number of carbonyl (C=O) groups excluding carboxylic acids is 1. The molecule has 88 valence electrons. The molecule has 0 heterocycles. The zero-order chi connectivity index (χ0) is 12.1. The monoisotopic (exact) mass is 305 g/mol. The summed E-state index contributed by atoms with van der Waals surface area (Å²) in [5, 5.41) is 12.3. The SMILES string of the molecule is CCC(CCl)NC(=O)c1cc(Br)ccc1O. The predicted molar refractivity (Wildman–Crippen MR) is 68.1 cm³/mol. The number of carbonyl (C=O) groups is 1. The molecule has 1 aromatic rings. The Morgan fingerprint density at radius 1 is 1.62 bits per heavy atom. The molecular weight excluding hydrogens is 293 g/mol. The van der Waals surface area contributed by atoms with E-state index >= 15 is 0 Å². The highest BCUT2D eigenvalue weighted by molar-refractivity contribution is 9.10. The van der Waals surface area contributed by atoms with E-state index in [1.807, 2.05) is 6.92 Å². The molecule has 0 spiro atoms. The number of rotatable bonds is 4. The van der Waals surface area contributed by atoms with Gasteiger partial charge in [-0.05, 0) is 24.6 Å². The first kappa shape index (κ1) is 13.3. The standard InChI is InChI=1S/C11H13BrClNO2/c1-2-8(6-13)14-11(16)9-5-7(12)3-4-10(9)15/h3-5,8,15H,2,6H2,1H3,(H,14,16). The van der Waals surface area contributed by atoms with E-state index in [0.29, 0.717) is 5.88 Å². The van der Waals surface area contributed by atoms with Crippen LogP contribution in [0.15, 0.2) is 22.7 Å². The second-order valence-electron chi connectivity index (χ2n) is 3.39. The largest absolute Gasteiger partial charge is 0.507 e. The molecule has 0 aromatic heterocycles. The molecule has 3 nitrogen and oxygen atoms in total. The van der Waals surface area contributed by atoms with Crippen molar-refractivity contribution in [2.24, 2.45) is 0 Å². The van der Waals surface area contributed by atoms with Crippen LogP contribution < -0.4 is 5.32 Å². The van der Waals surface area contributed by atoms with Gasteiger partial charge in [-0.1, -0.05) is 22.9 Å². The molecule has 0 saturated heterocycles. The van der Waals surface area contributed by atoms with Gasteiger partial charge in [-0.2, -0.15) is 0 Å². The Labute approximate surface area is 108 Å². The van der Waals surface area contributed by atoms with E-state index in [-0.39, 0.29) is 23.3 Å². The normalized spacial score (nSPS) is 12.2. The Morgan fingerprint density at radius 2 is 2.31 bits per heavy atom. The van der Waals surface area contributed by atoms with Gasteiger partial charge in [-0.15, -0.1) is 11.6 Å². The molecule has 1 rings (SSSR count). The third kappa shape index (κ3) is 3.39. The molecule has 1 unspecified atom stereocenters. The molecule has 1 amide bonds. The molecule has 0 bridgehead atoms. The molecule has 2 N–H and O–H groups in total. The van der Waals surface area contributed by atoms with Gasteiger partial charge in [0.1, 0.15) is 5.75 Å². The van der Waals surface area contributed by atoms with Crippen molar-refractivity contribution in [1.29, 1.82) is 0 Å². The van der Waals surface area contributed by atoms with Gasteiger partial charge in [-0.3, -0.25) is 4.79 Å². The highest BCUT2D eigenvalue weighted by Gasteiger charge is 2.14. The molecule has 1 aromatic carbocycles. The number of phenols is 1. The first-order chi connectivity index (χ1) is 7.58. The summed E-state index contributed by atoms with van der Waals surface area (Å²) < 4.78 is 0.745. The summed E-state index contributed by atoms with van der Waals surface area (Å²) >= 11 is 8.93. The van der Waals surface area contributed by atoms with E-state index in [9.17, 15) is 9.90 Å². The van der Waals surface area contributed by atoms with Crippen LogP contribution in [0.4, 0.5) is 0 Å². The fraction of sp³-hybridized carbons (Fsp3) is 0.364. The van der Waals surface area contributed by atoms with Gasteiger partial charge in [0.15, 0.2) is 0 Å². The predicted octanol–water partition coefficient (Wildman–Crippen LogP) is 2.90. The minimum absolute atomic E-state index is 0.0369. The van der Waals surface area contributed by atoms with Crippen LogP contribution in [0, 0.1) is 0 Å². The number of amides is 1. The third-order valence-corrected chi connectivity index (χ3v) is 3.08. The summed E-state index contributed by atoms with van der Waals surface area (Å²) in [4.78, 5) is 11.8. The summed E-state index contributed by atoms with van der Waals surface area (Å²) in [7, 11) is 0. The van der Waals surface area contributed by atoms with Crippen molar-refractivity contribution < 1.29 is 9.90 Å². The van der Waals surface area contributed by atoms with Crippen LogP contribution in [0.5, 0.6) is 5.75 Å². The van der Waals surface area contributed by atoms with E-state index in [1.54, 1.807) is 12.1 Å². The smallest absolute Gasteiger partial charge is 0.255 e. The summed E-state index contributed by atoms with van der Waals surface area (Å²) in [6.07, 6.45) is 0.754. The zero-order valence-corrected chi connectivity index (χ0v) is 11.2. The minimum atomic E-state index is -0.314. The lowest BCUT2D eigenvalue weighted by atomic mass is 10.1. The van der Waals surface area contributed by atoms with Crippen LogP contribution in [0.3, 0.4) is 0 Å². The van der Waals surface area contributed by atoms with Crippen molar-refractivity contribution in [3.05, 3.63) is 28.2 Å². The lowest BCUT2D eigenvalue weighted by Crippen LogP contribution is -2.35. The van der Waals surface area contributed by atoms with Crippen molar-refractivity contribution >= 4 is 33.4 Å². The average molecular weight is 307 g/mol. The fourth-order valence-corrected chi connectivity index (χ4v) is 1.86. The maximum Gasteiger partial charge on any atom is 0.255 e. The van der Waals surface area contributed by atoms with Crippen molar-refractivity contribution in [2.75, 3.05) is 5.88 Å². The molecule has 16 heavy (non-hydrogen) atoms. The Morgan fingerprint density at radius 3 is 2.88 bits per heavy atom. The molecule has 0 radical (unpaired) electrons. The van der Waals surface area contributed by atoms with Crippen LogP contribution in [0.2, 0.25) is 0 Å². The van der Waals surface area contributed by atoms with E-state index < -0.39 is 0 Å². The van der Waals surface area contributed by atoms with Gasteiger partial charge < -0.3 is 10.4 Å². The Bertz CT molecular complexity index is 380. The summed E-state index contributed by atoms with van der Waals surface area (Å²) in [6, 6.07) is 4.64. The van der Waals surface area contributed by atoms with Gasteiger partial charge in [0.2, 0.25) is 0 Å². The maximum absolute atomic E-state index is 11.8. The topological polar surface area (TPSA) is 49.3 Å². The van der Waals surface area contributed by atoms with E-state index in [2.05, 4.69) is 21.2 Å². The molecular formula is C11H13BrClNO2. The second-order valence-corrected chi connectivity index (χ2v) is 4.62. The van der Waals surface area contributed by atoms with Crippen molar-refractivity contribution in [3.8, 4) is 5.75 Å². The van der Waals surface area contributed by atoms with Gasteiger partial charge in [0.25, 0.3) is 5.91 Å². The van der Waals surface area contributed by atoms with E-state index in [0.717, 1.165) is 10.9 Å². The Hall–Kier alpha value is -0.740. The van der Waals surface area contributed by atoms with Gasteiger partial charge in [0, 0.05) is 16.4 Å². The third-order valence-electron chi connectivity index (χ3n) is 2.22. The number of benzene rings is 1. The van der Waals surface area contributed by atoms with Crippen LogP contribution in [0.25, 0.3) is 0 Å². The van der Waals surface area contributed by atoms with Gasteiger partial charge in [-0.25, -0.2) is 0 Å². The van der Waals surface area contributed by atoms with E-state index in [4.69, 9.17) is 11.6 Å². The second kappa shape index (κ2) is 6.11. The van der Waals surface area contributed by atoms with E-state index in [1.165, 1.54) is 6.07 Å². The van der Waals surface area contributed by atoms with Gasteiger partial charge >= 0.3 is 0 Å². The fourth-order valence-electron chi connectivity index (χ4n) is 1.20. The van der Waals surface area contributed by atoms with Crippen LogP contribution in [0.1, 0.15) is 23.7 Å². The molecule has 0 aliphatic rings. The number of hydrogen-bond donors (Lipinski definition) is 2. The lowest BCUT2D eigenvalue weighted by molar-refractivity contribution is 0.0937. The first-order valence-electron chi connectivity index (χ1n) is 4.93. The summed E-state index contributed by atoms with van der Waals surface area (Å²) in [6.45, 7) is 1.94. The number of phenolic OH excluding ortho intramolecular Hbond substituents is 1. The average Bonchev–Trinajstić information content (AvgIpc) is 2.28. The van der Waals surface area contributed by atoms with Crippen molar-refractivity contribution in [3.63, 3.8) is 0 Å². The zero-order valence-electron chi connectivity index (χ0n) is 8.84. The lowest BCUT2D eigenvalue weighted by Gasteiger charge is -2.14. The quantitative estimate of drug-likeness (QED) is 0.840. The molecule has 5 heteroatoms. The van der Waals surface area contributed by atoms with Gasteiger partial charge in [0.05, 0.1) is 5.56 Å². The highest BCUT2D eigenvalue weighted by atomic mass is 79.9. The summed E-state index contributed by atoms with van der Waals surface area (Å²) in [5.74, 6) is 0.00761. The van der Waals surface area contributed by atoms with Crippen LogP contribution in [-0.2, 0) is 0 Å². The number of hydrogen-bond acceptors (Lipinski definition) is 2. The van der Waals surface area contributed by atoms with Crippen molar-refractivity contribution in [2.45, 2.75) is 19.4 Å². The molecule has 0 aliphatic heterocycles. The van der Waals surface area contributed by atoms with Crippen LogP contribution in [-0.4, -0.2) is 22.9 Å². The van der Waals surface area contributed by atoms with Crippen LogP contribution >= 0.6 is 27.5 Å². The molecule has 0 saturated carbocycles. The number of nitrogens with one attached hydrogen (secondary N) is 1. The molecule has 0 aliphatic carbocycles. The number of halogens is 2.